The zero-order chi connectivity index (χ0) is 26.4. The molecule has 0 unspecified atom stereocenters. The smallest absolute Gasteiger partial charge is 0.243 e. The highest BCUT2D eigenvalue weighted by atomic mass is 32.2. The lowest BCUT2D eigenvalue weighted by Crippen LogP contribution is -2.51. The van der Waals surface area contributed by atoms with Crippen LogP contribution < -0.4 is 0 Å². The molecule has 1 saturated heterocycles. The number of ether oxygens (including phenoxy) is 1. The van der Waals surface area contributed by atoms with Crippen molar-refractivity contribution in [1.29, 1.82) is 0 Å². The van der Waals surface area contributed by atoms with Gasteiger partial charge >= 0.3 is 0 Å². The van der Waals surface area contributed by atoms with Crippen LogP contribution in [0.4, 0.5) is 4.39 Å². The summed E-state index contributed by atoms with van der Waals surface area (Å²) in [6.07, 6.45) is 5.21. The molecule has 37 heavy (non-hydrogen) atoms. The molecule has 2 heterocycles. The van der Waals surface area contributed by atoms with Gasteiger partial charge in [-0.3, -0.25) is 0 Å². The molecule has 5 rings (SSSR count). The van der Waals surface area contributed by atoms with Gasteiger partial charge in [-0.25, -0.2) is 17.5 Å². The van der Waals surface area contributed by atoms with Crippen molar-refractivity contribution in [1.82, 2.24) is 14.1 Å². The summed E-state index contributed by atoms with van der Waals surface area (Å²) >= 11 is 0. The van der Waals surface area contributed by atoms with Crippen LogP contribution in [-0.4, -0.2) is 48.8 Å². The van der Waals surface area contributed by atoms with Crippen molar-refractivity contribution >= 4 is 16.1 Å². The number of hydrogen-bond acceptors (Lipinski definition) is 4. The number of piperidine rings is 1. The Morgan fingerprint density at radius 2 is 1.78 bits per heavy atom. The lowest BCUT2D eigenvalue weighted by Gasteiger charge is -2.45. The van der Waals surface area contributed by atoms with E-state index in [4.69, 9.17) is 4.74 Å². The van der Waals surface area contributed by atoms with Gasteiger partial charge in [0, 0.05) is 25.1 Å². The van der Waals surface area contributed by atoms with Gasteiger partial charge in [0.25, 0.3) is 0 Å². The number of fused-ring (bicyclic) bond motifs is 2. The van der Waals surface area contributed by atoms with Crippen LogP contribution in [-0.2, 0) is 26.6 Å². The molecule has 6 nitrogen and oxygen atoms in total. The van der Waals surface area contributed by atoms with Gasteiger partial charge in [0.2, 0.25) is 10.0 Å². The predicted molar refractivity (Wildman–Crippen MR) is 143 cm³/mol. The first-order valence-electron chi connectivity index (χ1n) is 12.8. The molecule has 3 aromatic rings. The van der Waals surface area contributed by atoms with Gasteiger partial charge in [0.1, 0.15) is 5.82 Å². The molecule has 0 saturated carbocycles. The fourth-order valence-corrected chi connectivity index (χ4v) is 6.92. The molecular formula is C29H34FN3O3S. The van der Waals surface area contributed by atoms with E-state index in [1.807, 2.05) is 29.9 Å². The van der Waals surface area contributed by atoms with Crippen LogP contribution in [0.5, 0.6) is 0 Å². The standard InChI is InChI=1S/C29H34FN3O3S/c1-5-36-20-29-17-21-18-31-33(25-10-8-24(30)9-11-25)27(21)16-23(29)14-15-32(19-29)37(34,35)26-12-6-22(7-13-26)28(2,3)4/h6-13,16,18H,5,14-15,17,19-20H2,1-4H3/t29-/m1/s1. The van der Waals surface area contributed by atoms with Gasteiger partial charge in [-0.1, -0.05) is 38.5 Å². The number of rotatable bonds is 6. The molecule has 1 aliphatic heterocycles. The van der Waals surface area contributed by atoms with Crippen molar-refractivity contribution in [2.45, 2.75) is 50.8 Å². The Kier molecular flexibility index (Phi) is 6.63. The van der Waals surface area contributed by atoms with Crippen LogP contribution in [0.1, 0.15) is 50.9 Å². The van der Waals surface area contributed by atoms with Crippen LogP contribution in [0.3, 0.4) is 0 Å². The van der Waals surface area contributed by atoms with E-state index in [-0.39, 0.29) is 11.2 Å². The van der Waals surface area contributed by atoms with Crippen molar-refractivity contribution in [3.63, 3.8) is 0 Å². The molecule has 0 radical (unpaired) electrons. The second-order valence-electron chi connectivity index (χ2n) is 11.1. The third-order valence-corrected chi connectivity index (χ3v) is 9.39. The van der Waals surface area contributed by atoms with Crippen molar-refractivity contribution in [3.05, 3.63) is 82.9 Å². The zero-order valence-corrected chi connectivity index (χ0v) is 22.7. The molecule has 2 aliphatic rings. The average Bonchev–Trinajstić information content (AvgIpc) is 3.28. The van der Waals surface area contributed by atoms with Crippen LogP contribution in [0.2, 0.25) is 0 Å². The second kappa shape index (κ2) is 9.49. The predicted octanol–water partition coefficient (Wildman–Crippen LogP) is 5.37. The van der Waals surface area contributed by atoms with E-state index in [1.165, 1.54) is 17.7 Å². The minimum absolute atomic E-state index is 0.0488. The maximum Gasteiger partial charge on any atom is 0.243 e. The molecule has 196 valence electrons. The molecule has 1 atom stereocenters. The van der Waals surface area contributed by atoms with E-state index < -0.39 is 15.4 Å². The monoisotopic (exact) mass is 523 g/mol. The normalized spacial score (nSPS) is 20.3. The molecule has 8 heteroatoms. The molecule has 1 fully saturated rings. The maximum absolute atomic E-state index is 13.7. The molecule has 0 amide bonds. The number of aromatic nitrogens is 2. The van der Waals surface area contributed by atoms with Crippen LogP contribution in [0.15, 0.2) is 65.2 Å². The van der Waals surface area contributed by atoms with Crippen LogP contribution in [0.25, 0.3) is 11.8 Å². The van der Waals surface area contributed by atoms with E-state index in [0.29, 0.717) is 44.0 Å². The molecule has 1 aliphatic carbocycles. The van der Waals surface area contributed by atoms with E-state index in [0.717, 1.165) is 22.5 Å². The summed E-state index contributed by atoms with van der Waals surface area (Å²) < 4.78 is 50.3. The fourth-order valence-electron chi connectivity index (χ4n) is 5.39. The minimum Gasteiger partial charge on any atom is -0.381 e. The SMILES string of the molecule is CCOC[C@]12Cc3cnn(-c4ccc(F)cc4)c3C=C1CCN(S(=O)(=O)c1ccc(C(C)(C)C)cc1)C2. The van der Waals surface area contributed by atoms with E-state index in [1.54, 1.807) is 28.6 Å². The molecule has 0 bridgehead atoms. The highest BCUT2D eigenvalue weighted by molar-refractivity contribution is 7.89. The van der Waals surface area contributed by atoms with Gasteiger partial charge in [-0.15, -0.1) is 0 Å². The first kappa shape index (κ1) is 25.8. The first-order chi connectivity index (χ1) is 17.5. The van der Waals surface area contributed by atoms with Crippen molar-refractivity contribution < 1.29 is 17.5 Å². The summed E-state index contributed by atoms with van der Waals surface area (Å²) in [6, 6.07) is 13.5. The van der Waals surface area contributed by atoms with Gasteiger partial charge in [0.15, 0.2) is 0 Å². The quantitative estimate of drug-likeness (QED) is 0.436. The molecule has 1 aromatic heterocycles. The Hall–Kier alpha value is -2.81. The highest BCUT2D eigenvalue weighted by Gasteiger charge is 2.46. The van der Waals surface area contributed by atoms with Crippen molar-refractivity contribution in [2.75, 3.05) is 26.3 Å². The summed E-state index contributed by atoms with van der Waals surface area (Å²) in [5.41, 5.74) is 4.54. The van der Waals surface area contributed by atoms with Gasteiger partial charge in [0.05, 0.1) is 29.1 Å². The zero-order valence-electron chi connectivity index (χ0n) is 21.9. The number of hydrogen-bond donors (Lipinski definition) is 0. The number of benzene rings is 2. The van der Waals surface area contributed by atoms with Gasteiger partial charge < -0.3 is 4.74 Å². The fraction of sp³-hybridized carbons (Fsp3) is 0.414. The maximum atomic E-state index is 13.7. The molecular weight excluding hydrogens is 489 g/mol. The molecule has 0 spiro atoms. The summed E-state index contributed by atoms with van der Waals surface area (Å²) in [6.45, 7) is 10.0. The Morgan fingerprint density at radius 1 is 1.08 bits per heavy atom. The van der Waals surface area contributed by atoms with Crippen LogP contribution >= 0.6 is 0 Å². The minimum atomic E-state index is -3.66. The molecule has 2 aromatic carbocycles. The summed E-state index contributed by atoms with van der Waals surface area (Å²) in [7, 11) is -3.66. The number of nitrogens with zero attached hydrogens (tertiary/aromatic N) is 3. The number of halogens is 1. The van der Waals surface area contributed by atoms with E-state index in [9.17, 15) is 12.8 Å². The summed E-state index contributed by atoms with van der Waals surface area (Å²) in [4.78, 5) is 0.320. The Labute approximate surface area is 218 Å². The summed E-state index contributed by atoms with van der Waals surface area (Å²) in [5.74, 6) is -0.291. The lowest BCUT2D eigenvalue weighted by molar-refractivity contribution is 0.0477. The van der Waals surface area contributed by atoms with Gasteiger partial charge in [-0.2, -0.15) is 9.40 Å². The Morgan fingerprint density at radius 3 is 2.43 bits per heavy atom. The lowest BCUT2D eigenvalue weighted by atomic mass is 9.69. The van der Waals surface area contributed by atoms with E-state index in [2.05, 4.69) is 31.9 Å². The topological polar surface area (TPSA) is 64.4 Å². The third-order valence-electron chi connectivity index (χ3n) is 7.53. The van der Waals surface area contributed by atoms with E-state index >= 15 is 0 Å². The number of sulfonamides is 1. The van der Waals surface area contributed by atoms with Crippen LogP contribution in [0, 0.1) is 11.2 Å². The van der Waals surface area contributed by atoms with Gasteiger partial charge in [-0.05, 0) is 78.8 Å². The first-order valence-corrected chi connectivity index (χ1v) is 14.2. The largest absolute Gasteiger partial charge is 0.381 e. The van der Waals surface area contributed by atoms with Crippen molar-refractivity contribution in [2.24, 2.45) is 5.41 Å². The average molecular weight is 524 g/mol. The Balaban J connectivity index is 1.47. The molecule has 0 N–H and O–H groups in total. The Bertz CT molecular complexity index is 1420. The summed E-state index contributed by atoms with van der Waals surface area (Å²) in [5, 5.41) is 4.59. The van der Waals surface area contributed by atoms with Crippen molar-refractivity contribution in [3.8, 4) is 5.69 Å². The third kappa shape index (κ3) is 4.78. The highest BCUT2D eigenvalue weighted by Crippen LogP contribution is 2.45. The second-order valence-corrected chi connectivity index (χ2v) is 13.0.